The monoisotopic (exact) mass is 476 g/mol. The molecular formula is C25H36N2O7. The van der Waals surface area contributed by atoms with Crippen molar-refractivity contribution in [2.75, 3.05) is 13.1 Å². The molecule has 9 nitrogen and oxygen atoms in total. The number of ketones is 1. The number of hydrogen-bond acceptors (Lipinski definition) is 6. The predicted molar refractivity (Wildman–Crippen MR) is 128 cm³/mol. The topological polar surface area (TPSA) is 151 Å². The van der Waals surface area contributed by atoms with E-state index in [-0.39, 0.29) is 11.7 Å². The summed E-state index contributed by atoms with van der Waals surface area (Å²) in [6.07, 6.45) is 2.06. The Morgan fingerprint density at radius 1 is 1.00 bits per heavy atom. The van der Waals surface area contributed by atoms with Crippen molar-refractivity contribution in [2.24, 2.45) is 5.92 Å². The van der Waals surface area contributed by atoms with E-state index < -0.39 is 24.1 Å². The molecule has 188 valence electrons. The maximum Gasteiger partial charge on any atom is 0.335 e. The van der Waals surface area contributed by atoms with Gasteiger partial charge < -0.3 is 25.4 Å². The highest BCUT2D eigenvalue weighted by molar-refractivity contribution is 6.04. The molecule has 0 fully saturated rings. The summed E-state index contributed by atoms with van der Waals surface area (Å²) in [5.41, 5.74) is 4.77. The van der Waals surface area contributed by atoms with Crippen LogP contribution in [0.2, 0.25) is 0 Å². The molecule has 1 aliphatic rings. The highest BCUT2D eigenvalue weighted by Crippen LogP contribution is 2.34. The zero-order valence-corrected chi connectivity index (χ0v) is 20.2. The van der Waals surface area contributed by atoms with Crippen molar-refractivity contribution < 1.29 is 34.8 Å². The Kier molecular flexibility index (Phi) is 9.78. The third-order valence-corrected chi connectivity index (χ3v) is 6.06. The number of aliphatic carboxylic acids is 2. The second kappa shape index (κ2) is 12.1. The van der Waals surface area contributed by atoms with Crippen LogP contribution in [-0.4, -0.2) is 79.4 Å². The van der Waals surface area contributed by atoms with E-state index in [4.69, 9.17) is 20.4 Å². The molecule has 0 bridgehead atoms. The van der Waals surface area contributed by atoms with Gasteiger partial charge in [-0.05, 0) is 62.0 Å². The van der Waals surface area contributed by atoms with Crippen LogP contribution in [0, 0.1) is 5.92 Å². The molecule has 5 N–H and O–H groups in total. The number of carboxylic acid groups (broad SMARTS) is 2. The molecule has 0 saturated carbocycles. The van der Waals surface area contributed by atoms with Crippen LogP contribution in [0.15, 0.2) is 18.3 Å². The molecule has 9 heteroatoms. The number of aliphatic hydroxyl groups is 2. The summed E-state index contributed by atoms with van der Waals surface area (Å²) in [5.74, 6) is -3.22. The normalized spacial score (nSPS) is 16.8. The Morgan fingerprint density at radius 2 is 1.56 bits per heavy atom. The van der Waals surface area contributed by atoms with Crippen molar-refractivity contribution >= 4 is 28.6 Å². The average molecular weight is 477 g/mol. The Morgan fingerprint density at radius 3 is 2.03 bits per heavy atom. The number of nitrogens with zero attached hydrogens (tertiary/aromatic N) is 1. The lowest BCUT2D eigenvalue weighted by Crippen LogP contribution is -2.41. The van der Waals surface area contributed by atoms with Crippen LogP contribution in [0.25, 0.3) is 10.9 Å². The number of carboxylic acids is 2. The maximum atomic E-state index is 12.7. The van der Waals surface area contributed by atoms with Gasteiger partial charge in [-0.25, -0.2) is 9.59 Å². The molecule has 3 rings (SSSR count). The van der Waals surface area contributed by atoms with E-state index in [1.807, 2.05) is 19.9 Å². The van der Waals surface area contributed by atoms with Crippen LogP contribution < -0.4 is 0 Å². The van der Waals surface area contributed by atoms with E-state index in [0.29, 0.717) is 6.04 Å². The first-order chi connectivity index (χ1) is 16.0. The number of aliphatic hydroxyl groups excluding tert-OH is 2. The van der Waals surface area contributed by atoms with Crippen LogP contribution in [0.5, 0.6) is 0 Å². The molecule has 34 heavy (non-hydrogen) atoms. The fourth-order valence-electron chi connectivity index (χ4n) is 4.43. The van der Waals surface area contributed by atoms with Gasteiger partial charge in [0.05, 0.1) is 0 Å². The Hall–Kier alpha value is -2.75. The number of rotatable bonds is 10. The van der Waals surface area contributed by atoms with Crippen molar-refractivity contribution in [3.63, 3.8) is 0 Å². The van der Waals surface area contributed by atoms with E-state index in [1.54, 1.807) is 0 Å². The van der Waals surface area contributed by atoms with Crippen molar-refractivity contribution in [2.45, 2.75) is 71.6 Å². The molecule has 0 spiro atoms. The van der Waals surface area contributed by atoms with Crippen LogP contribution in [0.3, 0.4) is 0 Å². The number of hydrogen-bond donors (Lipinski definition) is 5. The largest absolute Gasteiger partial charge is 0.479 e. The summed E-state index contributed by atoms with van der Waals surface area (Å²) in [6, 6.07) is 4.62. The first kappa shape index (κ1) is 27.5. The molecule has 3 unspecified atom stereocenters. The molecule has 0 amide bonds. The third-order valence-electron chi connectivity index (χ3n) is 6.06. The number of benzene rings is 1. The van der Waals surface area contributed by atoms with Crippen molar-refractivity contribution in [1.82, 2.24) is 9.88 Å². The van der Waals surface area contributed by atoms with Crippen molar-refractivity contribution in [3.05, 3.63) is 35.0 Å². The molecule has 0 aliphatic heterocycles. The van der Waals surface area contributed by atoms with Gasteiger partial charge in [-0.15, -0.1) is 0 Å². The molecule has 1 aliphatic carbocycles. The Balaban J connectivity index is 0.000000347. The molecule has 0 radical (unpaired) electrons. The van der Waals surface area contributed by atoms with Crippen LogP contribution in [-0.2, 0) is 22.4 Å². The summed E-state index contributed by atoms with van der Waals surface area (Å²) in [5, 5.41) is 33.8. The summed E-state index contributed by atoms with van der Waals surface area (Å²) in [4.78, 5) is 38.3. The molecule has 1 aromatic carbocycles. The SMILES string of the molecule is CCCN(CCC)C1Cc2c[nH]c3ccc(C(=O)C(C)C)c(c23)C1.O=C(O)C(O)C(O)C(=O)O. The number of aromatic amines is 1. The summed E-state index contributed by atoms with van der Waals surface area (Å²) in [6.45, 7) is 10.8. The minimum Gasteiger partial charge on any atom is -0.479 e. The summed E-state index contributed by atoms with van der Waals surface area (Å²) in [7, 11) is 0. The van der Waals surface area contributed by atoms with E-state index >= 15 is 0 Å². The second-order valence-corrected chi connectivity index (χ2v) is 9.01. The molecule has 0 saturated heterocycles. The molecule has 1 heterocycles. The minimum absolute atomic E-state index is 0.0452. The van der Waals surface area contributed by atoms with Gasteiger partial charge in [-0.3, -0.25) is 9.69 Å². The molecule has 3 atom stereocenters. The number of aromatic nitrogens is 1. The van der Waals surface area contributed by atoms with Gasteiger partial charge in [0.1, 0.15) is 0 Å². The highest BCUT2D eigenvalue weighted by Gasteiger charge is 2.30. The van der Waals surface area contributed by atoms with Gasteiger partial charge in [0.25, 0.3) is 0 Å². The molecular weight excluding hydrogens is 440 g/mol. The smallest absolute Gasteiger partial charge is 0.335 e. The van der Waals surface area contributed by atoms with Gasteiger partial charge in [0.2, 0.25) is 0 Å². The standard InChI is InChI=1S/C21H30N2O.C4H6O6/c1-5-9-23(10-6-2)16-11-15-13-22-19-8-7-17(21(24)14(3)4)18(12-16)20(15)19;5-1(3(7)8)2(6)4(9)10/h7-8,13-14,16,22H,5-6,9-12H2,1-4H3;1-2,5-6H,(H,7,8)(H,9,10). The fourth-order valence-corrected chi connectivity index (χ4v) is 4.43. The molecule has 1 aromatic heterocycles. The van der Waals surface area contributed by atoms with E-state index in [9.17, 15) is 14.4 Å². The predicted octanol–water partition coefficient (Wildman–Crippen LogP) is 2.47. The van der Waals surface area contributed by atoms with Gasteiger partial charge in [-0.1, -0.05) is 27.7 Å². The number of Topliss-reactive ketones (excluding diaryl/α,β-unsaturated/α-hetero) is 1. The zero-order valence-electron chi connectivity index (χ0n) is 20.2. The summed E-state index contributed by atoms with van der Waals surface area (Å²) >= 11 is 0. The fraction of sp³-hybridized carbons (Fsp3) is 0.560. The third kappa shape index (κ3) is 6.22. The first-order valence-electron chi connectivity index (χ1n) is 11.7. The minimum atomic E-state index is -2.27. The lowest BCUT2D eigenvalue weighted by molar-refractivity contribution is -0.165. The number of nitrogens with one attached hydrogen (secondary N) is 1. The van der Waals surface area contributed by atoms with Crippen LogP contribution in [0.1, 0.15) is 62.0 Å². The Labute approximate surface area is 199 Å². The maximum absolute atomic E-state index is 12.7. The first-order valence-corrected chi connectivity index (χ1v) is 11.7. The van der Waals surface area contributed by atoms with Gasteiger partial charge >= 0.3 is 11.9 Å². The average Bonchev–Trinajstić information content (AvgIpc) is 3.22. The van der Waals surface area contributed by atoms with Crippen molar-refractivity contribution in [3.8, 4) is 0 Å². The van der Waals surface area contributed by atoms with Crippen LogP contribution >= 0.6 is 0 Å². The Bertz CT molecular complexity index is 990. The van der Waals surface area contributed by atoms with Crippen LogP contribution in [0.4, 0.5) is 0 Å². The van der Waals surface area contributed by atoms with Crippen molar-refractivity contribution in [1.29, 1.82) is 0 Å². The zero-order chi connectivity index (χ0) is 25.6. The second-order valence-electron chi connectivity index (χ2n) is 9.01. The summed E-state index contributed by atoms with van der Waals surface area (Å²) < 4.78 is 0. The van der Waals surface area contributed by atoms with Gasteiger partial charge in [0.15, 0.2) is 18.0 Å². The van der Waals surface area contributed by atoms with Gasteiger partial charge in [-0.2, -0.15) is 0 Å². The highest BCUT2D eigenvalue weighted by atomic mass is 16.4. The lowest BCUT2D eigenvalue weighted by Gasteiger charge is -2.34. The van der Waals surface area contributed by atoms with E-state index in [0.717, 1.165) is 31.5 Å². The molecule has 2 aromatic rings. The van der Waals surface area contributed by atoms with Gasteiger partial charge in [0, 0.05) is 34.6 Å². The number of H-pyrrole nitrogens is 1. The van der Waals surface area contributed by atoms with E-state index in [1.165, 1.54) is 34.9 Å². The van der Waals surface area contributed by atoms with E-state index in [2.05, 4.69) is 36.0 Å². The number of carbonyl (C=O) groups excluding carboxylic acids is 1. The lowest BCUT2D eigenvalue weighted by atomic mass is 9.83. The quantitative estimate of drug-likeness (QED) is 0.328. The number of carbonyl (C=O) groups is 3.